The summed E-state index contributed by atoms with van der Waals surface area (Å²) in [6.45, 7) is 4.14. The van der Waals surface area contributed by atoms with Crippen LogP contribution < -0.4 is 0 Å². The fourth-order valence-electron chi connectivity index (χ4n) is 0.413. The molecule has 0 bridgehead atoms. The molecule has 0 aromatic carbocycles. The molecule has 0 atom stereocenters. The van der Waals surface area contributed by atoms with Crippen molar-refractivity contribution in [2.75, 3.05) is 0 Å². The zero-order chi connectivity index (χ0) is 7.49. The minimum absolute atomic E-state index is 0.0901. The van der Waals surface area contributed by atoms with Crippen LogP contribution in [0.3, 0.4) is 0 Å². The predicted molar refractivity (Wildman–Crippen MR) is 53.9 cm³/mol. The van der Waals surface area contributed by atoms with Gasteiger partial charge in [0.15, 0.2) is 0 Å². The maximum atomic E-state index is 4.79. The molecule has 0 saturated carbocycles. The smallest absolute Gasteiger partial charge is 0.0448 e. The molecule has 0 amide bonds. The van der Waals surface area contributed by atoms with Crippen LogP contribution in [0.15, 0.2) is 0 Å². The molecule has 0 fully saturated rings. The quantitative estimate of drug-likeness (QED) is 0.497. The van der Waals surface area contributed by atoms with Crippen molar-refractivity contribution < 1.29 is 0 Å². The Balaban J connectivity index is 3.39. The van der Waals surface area contributed by atoms with E-state index >= 15 is 0 Å². The van der Waals surface area contributed by atoms with Crippen LogP contribution in [-0.4, -0.2) is 8.94 Å². The average molecular weight is 180 g/mol. The Morgan fingerprint density at radius 1 is 1.56 bits per heavy atom. The molecule has 0 N–H and O–H groups in total. The van der Waals surface area contributed by atoms with E-state index in [0.717, 1.165) is 17.0 Å². The van der Waals surface area contributed by atoms with E-state index in [9.17, 15) is 0 Å². The minimum Gasteiger partial charge on any atom is -0.173 e. The van der Waals surface area contributed by atoms with Crippen molar-refractivity contribution in [1.29, 1.82) is 0 Å². The van der Waals surface area contributed by atoms with Crippen molar-refractivity contribution in [3.05, 3.63) is 0 Å². The lowest BCUT2D eigenvalue weighted by atomic mass is 10.1. The highest BCUT2D eigenvalue weighted by Gasteiger charge is 2.10. The fourth-order valence-corrected chi connectivity index (χ4v) is 0.739. The van der Waals surface area contributed by atoms with Crippen molar-refractivity contribution in [2.45, 2.75) is 31.4 Å². The summed E-state index contributed by atoms with van der Waals surface area (Å²) in [6.07, 6.45) is 1.88. The molecule has 0 heterocycles. The van der Waals surface area contributed by atoms with Gasteiger partial charge in [0.25, 0.3) is 0 Å². The molecular formula is C6H12S3. The van der Waals surface area contributed by atoms with Crippen LogP contribution >= 0.6 is 37.5 Å². The Morgan fingerprint density at radius 3 is 2.11 bits per heavy atom. The number of rotatable bonds is 3. The van der Waals surface area contributed by atoms with Gasteiger partial charge in [-0.15, -0.1) is 12.6 Å². The second-order valence-corrected chi connectivity index (χ2v) is 5.25. The third-order valence-electron chi connectivity index (χ3n) is 0.951. The monoisotopic (exact) mass is 180 g/mol. The van der Waals surface area contributed by atoms with Crippen LogP contribution in [0.5, 0.6) is 0 Å². The fraction of sp³-hybridized carbons (Fsp3) is 0.833. The van der Waals surface area contributed by atoms with Gasteiger partial charge in [-0.25, -0.2) is 0 Å². The van der Waals surface area contributed by atoms with Crippen molar-refractivity contribution in [3.63, 3.8) is 0 Å². The van der Waals surface area contributed by atoms with Gasteiger partial charge in [0.05, 0.1) is 0 Å². The van der Waals surface area contributed by atoms with Crippen molar-refractivity contribution in [2.24, 2.45) is 0 Å². The summed E-state index contributed by atoms with van der Waals surface area (Å²) in [4.78, 5) is 0. The second-order valence-electron chi connectivity index (χ2n) is 2.71. The summed E-state index contributed by atoms with van der Waals surface area (Å²) in [7, 11) is 0. The number of thiocarbonyl (C=S) groups is 1. The topological polar surface area (TPSA) is 0 Å². The zero-order valence-corrected chi connectivity index (χ0v) is 8.32. The van der Waals surface area contributed by atoms with Crippen LogP contribution in [0.2, 0.25) is 0 Å². The standard InChI is InChI=1S/C6H12S3/c1-6(2,9)4-3-5(7)8/h9H,3-4H2,1-2H3,(H,7,8). The predicted octanol–water partition coefficient (Wildman–Crippen LogP) is 2.73. The van der Waals surface area contributed by atoms with E-state index in [0.29, 0.717) is 0 Å². The Labute approximate surface area is 73.2 Å². The highest BCUT2D eigenvalue weighted by atomic mass is 32.1. The minimum atomic E-state index is 0.0901. The molecule has 0 rings (SSSR count). The molecule has 3 heteroatoms. The number of thiol groups is 2. The molecule has 0 aromatic heterocycles. The van der Waals surface area contributed by atoms with E-state index in [2.05, 4.69) is 39.1 Å². The lowest BCUT2D eigenvalue weighted by Crippen LogP contribution is -2.10. The van der Waals surface area contributed by atoms with Gasteiger partial charge in [-0.2, -0.15) is 12.6 Å². The first-order valence-electron chi connectivity index (χ1n) is 2.86. The summed E-state index contributed by atoms with van der Waals surface area (Å²) in [5.74, 6) is 0. The van der Waals surface area contributed by atoms with E-state index in [1.54, 1.807) is 0 Å². The van der Waals surface area contributed by atoms with Gasteiger partial charge in [-0.05, 0) is 12.8 Å². The van der Waals surface area contributed by atoms with Crippen molar-refractivity contribution in [3.8, 4) is 0 Å². The van der Waals surface area contributed by atoms with Gasteiger partial charge in [-0.3, -0.25) is 0 Å². The molecule has 0 aliphatic carbocycles. The maximum absolute atomic E-state index is 4.79. The highest BCUT2D eigenvalue weighted by molar-refractivity contribution is 8.11. The first-order valence-corrected chi connectivity index (χ1v) is 4.16. The largest absolute Gasteiger partial charge is 0.173 e. The molecule has 0 nitrogen and oxygen atoms in total. The van der Waals surface area contributed by atoms with Crippen LogP contribution in [0, 0.1) is 0 Å². The van der Waals surface area contributed by atoms with Gasteiger partial charge >= 0.3 is 0 Å². The van der Waals surface area contributed by atoms with Gasteiger partial charge in [0.1, 0.15) is 0 Å². The van der Waals surface area contributed by atoms with Gasteiger partial charge in [-0.1, -0.05) is 26.1 Å². The van der Waals surface area contributed by atoms with Crippen molar-refractivity contribution in [1.82, 2.24) is 0 Å². The van der Waals surface area contributed by atoms with Gasteiger partial charge < -0.3 is 0 Å². The number of hydrogen-bond donors (Lipinski definition) is 2. The van der Waals surface area contributed by atoms with Gasteiger partial charge in [0, 0.05) is 8.94 Å². The summed E-state index contributed by atoms with van der Waals surface area (Å²) < 4.78 is 0.865. The lowest BCUT2D eigenvalue weighted by molar-refractivity contribution is 0.669. The third kappa shape index (κ3) is 8.79. The molecule has 0 aliphatic rings. The second kappa shape index (κ2) is 3.84. The van der Waals surface area contributed by atoms with Crippen LogP contribution in [0.25, 0.3) is 0 Å². The summed E-state index contributed by atoms with van der Waals surface area (Å²) in [6, 6.07) is 0. The molecule has 0 radical (unpaired) electrons. The van der Waals surface area contributed by atoms with Crippen molar-refractivity contribution >= 4 is 41.7 Å². The van der Waals surface area contributed by atoms with Crippen LogP contribution in [0.1, 0.15) is 26.7 Å². The Hall–Kier alpha value is 0.790. The van der Waals surface area contributed by atoms with E-state index in [1.807, 2.05) is 0 Å². The Morgan fingerprint density at radius 2 is 2.00 bits per heavy atom. The SMILES string of the molecule is CC(C)(S)CCC(=S)S. The third-order valence-corrected chi connectivity index (χ3v) is 1.60. The van der Waals surface area contributed by atoms with Gasteiger partial charge in [0.2, 0.25) is 0 Å². The van der Waals surface area contributed by atoms with E-state index in [-0.39, 0.29) is 4.75 Å². The maximum Gasteiger partial charge on any atom is 0.0448 e. The molecule has 0 aliphatic heterocycles. The Kier molecular flexibility index (Phi) is 4.17. The molecule has 54 valence electrons. The molecule has 0 aromatic rings. The molecular weight excluding hydrogens is 168 g/mol. The van der Waals surface area contributed by atoms with E-state index in [1.165, 1.54) is 0 Å². The van der Waals surface area contributed by atoms with Crippen LogP contribution in [0.4, 0.5) is 0 Å². The summed E-state index contributed by atoms with van der Waals surface area (Å²) >= 11 is 13.1. The van der Waals surface area contributed by atoms with E-state index < -0.39 is 0 Å². The molecule has 0 saturated heterocycles. The Bertz CT molecular complexity index is 101. The first-order chi connectivity index (χ1) is 3.92. The van der Waals surface area contributed by atoms with Crippen LogP contribution in [-0.2, 0) is 0 Å². The number of hydrogen-bond acceptors (Lipinski definition) is 2. The highest BCUT2D eigenvalue weighted by Crippen LogP contribution is 2.19. The molecule has 9 heavy (non-hydrogen) atoms. The lowest BCUT2D eigenvalue weighted by Gasteiger charge is -2.15. The first kappa shape index (κ1) is 9.79. The normalized spacial score (nSPS) is 11.6. The summed E-state index contributed by atoms with van der Waals surface area (Å²) in [5, 5.41) is 0. The zero-order valence-electron chi connectivity index (χ0n) is 5.72. The average Bonchev–Trinajstić information content (AvgIpc) is 1.59. The van der Waals surface area contributed by atoms with E-state index in [4.69, 9.17) is 12.2 Å². The molecule has 0 spiro atoms. The molecule has 0 unspecified atom stereocenters. The summed E-state index contributed by atoms with van der Waals surface area (Å²) in [5.41, 5.74) is 0.